The second kappa shape index (κ2) is 72.6. The van der Waals surface area contributed by atoms with E-state index in [4.69, 9.17) is 91.0 Å². The molecule has 4 amide bonds. The first-order valence-electron chi connectivity index (χ1n) is 45.7. The number of carbonyl (C=O) groups excluding carboxylic acids is 5. The maximum absolute atomic E-state index is 13.2. The minimum Gasteiger partial charge on any atom is -0.477 e. The van der Waals surface area contributed by atoms with Gasteiger partial charge in [-0.1, -0.05) is 47.6 Å². The fraction of sp³-hybridized carbons (Fsp3) is 0.663. The van der Waals surface area contributed by atoms with E-state index in [9.17, 15) is 33.9 Å². The average Bonchev–Trinajstić information content (AvgIpc) is 1.69. The number of nitrogens with zero attached hydrogens (tertiary/aromatic N) is 8. The molecule has 6 aromatic heterocycles. The number of ketones is 3. The van der Waals surface area contributed by atoms with E-state index in [0.29, 0.717) is 349 Å². The monoisotopic (exact) mass is 1940 g/mol. The Bertz CT molecular complexity index is 4030. The Morgan fingerprint density at radius 1 is 0.346 bits per heavy atom. The van der Waals surface area contributed by atoms with Gasteiger partial charge in [-0.25, -0.2) is 44.3 Å². The highest BCUT2D eigenvalue weighted by molar-refractivity contribution is 8.00. The molecule has 0 aromatic carbocycles. The van der Waals surface area contributed by atoms with E-state index in [0.717, 1.165) is 74.2 Å². The Labute approximate surface area is 794 Å². The highest BCUT2D eigenvalue weighted by Gasteiger charge is 2.44. The van der Waals surface area contributed by atoms with Crippen molar-refractivity contribution < 1.29 is 119 Å². The second-order valence-electron chi connectivity index (χ2n) is 29.9. The second-order valence-corrected chi connectivity index (χ2v) is 34.4. The number of aromatic nitrogens is 8. The van der Waals surface area contributed by atoms with Crippen LogP contribution >= 0.6 is 46.2 Å². The van der Waals surface area contributed by atoms with Gasteiger partial charge in [-0.2, -0.15) is 23.5 Å². The molecule has 44 heteroatoms. The maximum Gasteiger partial charge on any atom is 0.348 e. The van der Waals surface area contributed by atoms with Crippen molar-refractivity contribution in [3.8, 4) is 22.8 Å². The summed E-state index contributed by atoms with van der Waals surface area (Å²) >= 11 is 6.11. The minimum absolute atomic E-state index is 0.0269. The number of fused-ring (bicyclic) bond motifs is 2. The molecule has 9 N–H and O–H groups in total. The number of amides is 4. The summed E-state index contributed by atoms with van der Waals surface area (Å²) in [7, 11) is 0. The van der Waals surface area contributed by atoms with Crippen LogP contribution in [-0.4, -0.2) is 371 Å². The van der Waals surface area contributed by atoms with Crippen molar-refractivity contribution in [1.82, 2.24) is 61.1 Å². The van der Waals surface area contributed by atoms with Gasteiger partial charge in [-0.15, -0.1) is 0 Å². The zero-order valence-corrected chi connectivity index (χ0v) is 79.3. The van der Waals surface area contributed by atoms with Crippen LogP contribution in [-0.2, 0) is 94.9 Å². The summed E-state index contributed by atoms with van der Waals surface area (Å²) in [6.45, 7) is 18.3. The number of pyridine rings is 2. The van der Waals surface area contributed by atoms with Crippen molar-refractivity contribution in [3.63, 3.8) is 0 Å². The number of carboxylic acids is 1. The molecule has 4 aliphatic rings. The molecule has 10 heterocycles. The molecule has 6 aromatic rings. The van der Waals surface area contributed by atoms with Crippen molar-refractivity contribution in [1.29, 1.82) is 0 Å². The molecule has 740 valence electrons. The molecule has 4 fully saturated rings. The number of urea groups is 2. The lowest BCUT2D eigenvalue weighted by atomic mass is 10.0. The van der Waals surface area contributed by atoms with Crippen LogP contribution < -0.4 is 37.6 Å². The first-order chi connectivity index (χ1) is 65.5. The number of thioether (sulfide) groups is 2. The van der Waals surface area contributed by atoms with E-state index in [2.05, 4.69) is 71.8 Å². The Hall–Kier alpha value is -7.72. The smallest absolute Gasteiger partial charge is 0.348 e. The number of anilines is 4. The van der Waals surface area contributed by atoms with E-state index in [1.54, 1.807) is 67.5 Å². The predicted octanol–water partition coefficient (Wildman–Crippen LogP) is 8.53. The Kier molecular flexibility index (Phi) is 60.4. The van der Waals surface area contributed by atoms with Crippen LogP contribution in [0.5, 0.6) is 0 Å². The number of nitrogens with two attached hydrogens (primary N) is 1. The molecule has 0 saturated carbocycles. The Morgan fingerprint density at radius 2 is 0.632 bits per heavy atom. The van der Waals surface area contributed by atoms with E-state index >= 15 is 0 Å². The number of ether oxygens (including phenoxy) is 18. The topological polar surface area (TPSA) is 490 Å². The highest BCUT2D eigenvalue weighted by Crippen LogP contribution is 2.37. The molecular weight excluding hydrogens is 1810 g/mol. The lowest BCUT2D eigenvalue weighted by molar-refractivity contribution is -0.120. The molecule has 0 unspecified atom stereocenters. The molecule has 4 saturated heterocycles. The molecule has 6 atom stereocenters. The normalized spacial score (nSPS) is 16.4. The van der Waals surface area contributed by atoms with Crippen LogP contribution in [0.15, 0.2) is 85.7 Å². The summed E-state index contributed by atoms with van der Waals surface area (Å²) in [5.74, 6) is 2.21. The lowest BCUT2D eigenvalue weighted by Crippen LogP contribution is -2.36. The van der Waals surface area contributed by atoms with Crippen molar-refractivity contribution in [2.75, 3.05) is 267 Å². The summed E-state index contributed by atoms with van der Waals surface area (Å²) < 4.78 is 99.0. The van der Waals surface area contributed by atoms with Crippen LogP contribution in [0, 0.1) is 0 Å². The van der Waals surface area contributed by atoms with Crippen molar-refractivity contribution in [2.24, 2.45) is 5.73 Å². The van der Waals surface area contributed by atoms with E-state index in [1.807, 2.05) is 41.7 Å². The maximum atomic E-state index is 13.2. The number of nitrogens with one attached hydrogen (secondary N) is 6. The first kappa shape index (κ1) is 111. The van der Waals surface area contributed by atoms with Gasteiger partial charge in [0.15, 0.2) is 16.0 Å². The number of rotatable bonds is 80. The van der Waals surface area contributed by atoms with Gasteiger partial charge in [0.25, 0.3) is 0 Å². The number of carboxylic acid groups (broad SMARTS) is 1. The number of hydrogen-bond donors (Lipinski definition) is 8. The molecule has 10 rings (SSSR count). The number of unbranched alkanes of at least 4 members (excludes halogenated alkanes) is 2. The molecule has 133 heavy (non-hydrogen) atoms. The van der Waals surface area contributed by atoms with Crippen molar-refractivity contribution >= 4 is 104 Å². The average molecular weight is 1940 g/mol. The highest BCUT2D eigenvalue weighted by atomic mass is 32.2. The van der Waals surface area contributed by atoms with Crippen LogP contribution in [0.1, 0.15) is 109 Å². The molecule has 40 nitrogen and oxygen atoms in total. The standard InChI is InChI=1S/C45H67N7O12S2.C31H59N3O11S.C13H9N5O2S/c53-35(8-1-2-12-39-40-37(34-65-39)49-44(55)50-40)9-5-16-56-18-20-58-22-24-60-26-28-62-30-32-64-33-31-63-29-27-61-25-23-59-21-19-57-17-6-11-38(54)42-41(36-10-3-4-13-46-36)51-45(66-42)52-43-47-14-7-15-48-43;32-7-9-38-11-13-40-15-17-42-19-21-44-23-25-45-24-22-43-20-18-41-16-14-39-12-10-37-8-3-5-27(35)4-1-2-6-29-30-28(26-46-29)33-31(36)34-30;19-11(20)10-9(8-4-1-2-5-14-8)17-13(21-10)18-12-15-6-3-7-16-12/h3-4,7,10,13-15,37,39-40H,1-2,5-6,8-9,11-12,16-34H2,(H2,49,50,55)(H,47,48,51,52);28-30H,1-26,32H2,(H2,33,34,36);1-7H,(H,19,20)(H,15,16,17,18)/t37-,39-,40-;28-,29-,30-;/m00./s1. The third-order valence-electron chi connectivity index (χ3n) is 19.7. The van der Waals surface area contributed by atoms with Gasteiger partial charge in [0, 0.05) is 118 Å². The third kappa shape index (κ3) is 49.7. The number of thiazole rings is 2. The molecule has 0 spiro atoms. The summed E-state index contributed by atoms with van der Waals surface area (Å²) in [5.41, 5.74) is 7.32. The van der Waals surface area contributed by atoms with Gasteiger partial charge in [-0.05, 0) is 81.3 Å². The summed E-state index contributed by atoms with van der Waals surface area (Å²) in [4.78, 5) is 106. The van der Waals surface area contributed by atoms with Crippen molar-refractivity contribution in [3.05, 3.63) is 95.5 Å². The van der Waals surface area contributed by atoms with Gasteiger partial charge in [0.1, 0.15) is 32.7 Å². The zero-order valence-electron chi connectivity index (χ0n) is 76.1. The van der Waals surface area contributed by atoms with Gasteiger partial charge >= 0.3 is 18.0 Å². The van der Waals surface area contributed by atoms with E-state index in [-0.39, 0.29) is 52.7 Å². The minimum atomic E-state index is -1.05. The lowest BCUT2D eigenvalue weighted by Gasteiger charge is -2.16. The zero-order chi connectivity index (χ0) is 93.5. The number of Topliss-reactive ketones (excluding diaryl/α,β-unsaturated/α-hetero) is 3. The van der Waals surface area contributed by atoms with Gasteiger partial charge in [0.2, 0.25) is 11.9 Å². The summed E-state index contributed by atoms with van der Waals surface area (Å²) in [5, 5.41) is 29.0. The number of carbonyl (C=O) groups is 6. The van der Waals surface area contributed by atoms with Crippen molar-refractivity contribution in [2.45, 2.75) is 125 Å². The van der Waals surface area contributed by atoms with Crippen LogP contribution in [0.4, 0.5) is 31.7 Å². The summed E-state index contributed by atoms with van der Waals surface area (Å²) in [6.07, 6.45) is 20.3. The third-order valence-corrected chi connectivity index (χ3v) is 24.7. The van der Waals surface area contributed by atoms with Crippen LogP contribution in [0.25, 0.3) is 22.8 Å². The van der Waals surface area contributed by atoms with Gasteiger partial charge < -0.3 is 128 Å². The predicted molar refractivity (Wildman–Crippen MR) is 502 cm³/mol. The number of hydrogen-bond acceptors (Lipinski definition) is 39. The van der Waals surface area contributed by atoms with Crippen LogP contribution in [0.2, 0.25) is 0 Å². The fourth-order valence-corrected chi connectivity index (χ4v) is 18.1. The SMILES string of the molecule is NCCOCCOCCOCCOCCOCCOCCOCCOCCOCCCC(=O)CCCC[C@@H]1SC[C@@H]2NC(=O)N[C@@H]21.O=C(CCCC[C@@H]1SC[C@@H]2NC(=O)N[C@@H]21)CCCOCCOCCOCCOCCOCCOCCOCCOCCOCCCC(=O)c1sc(Nc2ncccn2)nc1-c1ccccn1.O=C(O)c1sc(Nc2ncccn2)nc1-c1ccccn1. The largest absolute Gasteiger partial charge is 0.477 e. The molecule has 4 aliphatic heterocycles. The molecule has 0 radical (unpaired) electrons. The fourth-order valence-electron chi connectivity index (χ4n) is 13.2. The quantitative estimate of drug-likeness (QED) is 0.0101. The Balaban J connectivity index is 0.000000279. The van der Waals surface area contributed by atoms with E-state index in [1.165, 1.54) is 11.3 Å². The summed E-state index contributed by atoms with van der Waals surface area (Å²) in [6, 6.07) is 15.1. The Morgan fingerprint density at radius 3 is 0.940 bits per heavy atom. The van der Waals surface area contributed by atoms with Crippen LogP contribution in [0.3, 0.4) is 0 Å². The van der Waals surface area contributed by atoms with E-state index < -0.39 is 5.97 Å². The van der Waals surface area contributed by atoms with Gasteiger partial charge in [0.05, 0.1) is 254 Å². The first-order valence-corrected chi connectivity index (χ1v) is 49.4. The molecule has 0 aliphatic carbocycles. The molecular formula is C89H135N15O25S4. The number of aromatic carboxylic acids is 1. The molecule has 0 bridgehead atoms. The van der Waals surface area contributed by atoms with Gasteiger partial charge in [-0.3, -0.25) is 24.4 Å².